The van der Waals surface area contributed by atoms with E-state index in [0.29, 0.717) is 6.42 Å². The van der Waals surface area contributed by atoms with Gasteiger partial charge in [0, 0.05) is 29.2 Å². The van der Waals surface area contributed by atoms with Crippen LogP contribution in [0.2, 0.25) is 0 Å². The summed E-state index contributed by atoms with van der Waals surface area (Å²) in [6.07, 6.45) is 2.52. The maximum atomic E-state index is 13.3. The van der Waals surface area contributed by atoms with Crippen molar-refractivity contribution in [3.63, 3.8) is 0 Å². The van der Waals surface area contributed by atoms with Crippen LogP contribution in [0.15, 0.2) is 79.0 Å². The summed E-state index contributed by atoms with van der Waals surface area (Å²) in [5, 5.41) is 7.06. The Labute approximate surface area is 187 Å². The van der Waals surface area contributed by atoms with Crippen LogP contribution in [0, 0.1) is 13.8 Å². The average Bonchev–Trinajstić information content (AvgIpc) is 3.19. The molecule has 3 N–H and O–H groups in total. The lowest BCUT2D eigenvalue weighted by molar-refractivity contribution is -0.126. The minimum Gasteiger partial charge on any atom is -0.361 e. The SMILES string of the molecule is Cc1cccc(C)c1NC(=O)C(Cc1c[nH]c2ccccc12)NC(=O)Cc1ccccc1. The molecule has 2 amide bonds. The van der Waals surface area contributed by atoms with Crippen LogP contribution in [-0.4, -0.2) is 22.8 Å². The van der Waals surface area contributed by atoms with Crippen molar-refractivity contribution < 1.29 is 9.59 Å². The molecule has 0 spiro atoms. The molecule has 162 valence electrons. The Balaban J connectivity index is 1.58. The molecule has 0 saturated carbocycles. The zero-order valence-corrected chi connectivity index (χ0v) is 18.3. The van der Waals surface area contributed by atoms with Crippen LogP contribution >= 0.6 is 0 Å². The molecular weight excluding hydrogens is 398 g/mol. The van der Waals surface area contributed by atoms with Crippen molar-refractivity contribution in [2.45, 2.75) is 32.7 Å². The second-order valence-corrected chi connectivity index (χ2v) is 8.10. The Bertz CT molecular complexity index is 1220. The second-order valence-electron chi connectivity index (χ2n) is 8.10. The molecule has 32 heavy (non-hydrogen) atoms. The summed E-state index contributed by atoms with van der Waals surface area (Å²) in [4.78, 5) is 29.4. The standard InChI is InChI=1S/C27H27N3O2/c1-18-9-8-10-19(2)26(18)30-27(32)24(29-25(31)15-20-11-4-3-5-12-20)16-21-17-28-23-14-7-6-13-22(21)23/h3-14,17,24,28H,15-16H2,1-2H3,(H,29,31)(H,30,32). The van der Waals surface area contributed by atoms with Crippen molar-refractivity contribution in [3.8, 4) is 0 Å². The third kappa shape index (κ3) is 4.89. The molecule has 5 heteroatoms. The number of amides is 2. The molecule has 0 fully saturated rings. The van der Waals surface area contributed by atoms with Crippen LogP contribution in [0.3, 0.4) is 0 Å². The Morgan fingerprint density at radius 3 is 2.31 bits per heavy atom. The van der Waals surface area contributed by atoms with Gasteiger partial charge in [0.25, 0.3) is 0 Å². The number of hydrogen-bond acceptors (Lipinski definition) is 2. The van der Waals surface area contributed by atoms with Crippen molar-refractivity contribution in [2.75, 3.05) is 5.32 Å². The first-order valence-electron chi connectivity index (χ1n) is 10.8. The largest absolute Gasteiger partial charge is 0.361 e. The molecule has 1 aromatic heterocycles. The molecule has 0 aliphatic heterocycles. The van der Waals surface area contributed by atoms with Gasteiger partial charge >= 0.3 is 0 Å². The number of carbonyl (C=O) groups excluding carboxylic acids is 2. The highest BCUT2D eigenvalue weighted by molar-refractivity contribution is 5.99. The smallest absolute Gasteiger partial charge is 0.247 e. The number of benzene rings is 3. The van der Waals surface area contributed by atoms with E-state index in [1.807, 2.05) is 92.8 Å². The molecular formula is C27H27N3O2. The fourth-order valence-electron chi connectivity index (χ4n) is 3.98. The van der Waals surface area contributed by atoms with Crippen molar-refractivity contribution >= 4 is 28.4 Å². The van der Waals surface area contributed by atoms with E-state index in [1.165, 1.54) is 0 Å². The number of fused-ring (bicyclic) bond motifs is 1. The highest BCUT2D eigenvalue weighted by Gasteiger charge is 2.23. The zero-order valence-electron chi connectivity index (χ0n) is 18.3. The number of aromatic amines is 1. The van der Waals surface area contributed by atoms with Crippen LogP contribution in [0.1, 0.15) is 22.3 Å². The monoisotopic (exact) mass is 425 g/mol. The molecule has 5 nitrogen and oxygen atoms in total. The Morgan fingerprint density at radius 1 is 0.875 bits per heavy atom. The number of carbonyl (C=O) groups is 2. The summed E-state index contributed by atoms with van der Waals surface area (Å²) < 4.78 is 0. The minimum absolute atomic E-state index is 0.183. The van der Waals surface area contributed by atoms with Crippen molar-refractivity contribution in [3.05, 3.63) is 101 Å². The minimum atomic E-state index is -0.704. The fourth-order valence-corrected chi connectivity index (χ4v) is 3.98. The molecule has 1 unspecified atom stereocenters. The van der Waals surface area contributed by atoms with Crippen molar-refractivity contribution in [1.82, 2.24) is 10.3 Å². The molecule has 4 aromatic rings. The molecule has 0 aliphatic rings. The average molecular weight is 426 g/mol. The summed E-state index contributed by atoms with van der Waals surface area (Å²) in [5.41, 5.74) is 5.67. The van der Waals surface area contributed by atoms with Crippen molar-refractivity contribution in [2.24, 2.45) is 0 Å². The maximum Gasteiger partial charge on any atom is 0.247 e. The summed E-state index contributed by atoms with van der Waals surface area (Å²) in [5.74, 6) is -0.410. The summed E-state index contributed by atoms with van der Waals surface area (Å²) in [6.45, 7) is 3.93. The fraction of sp³-hybridized carbons (Fsp3) is 0.185. The lowest BCUT2D eigenvalue weighted by Crippen LogP contribution is -2.46. The molecule has 0 aliphatic carbocycles. The lowest BCUT2D eigenvalue weighted by Gasteiger charge is -2.20. The van der Waals surface area contributed by atoms with E-state index >= 15 is 0 Å². The topological polar surface area (TPSA) is 74.0 Å². The molecule has 0 saturated heterocycles. The number of nitrogens with one attached hydrogen (secondary N) is 3. The molecule has 0 radical (unpaired) electrons. The van der Waals surface area contributed by atoms with Gasteiger partial charge in [-0.2, -0.15) is 0 Å². The van der Waals surface area contributed by atoms with E-state index in [1.54, 1.807) is 0 Å². The number of aryl methyl sites for hydroxylation is 2. The molecule has 0 bridgehead atoms. The molecule has 3 aromatic carbocycles. The third-order valence-electron chi connectivity index (χ3n) is 5.69. The Kier molecular flexibility index (Phi) is 6.36. The normalized spacial score (nSPS) is 11.8. The van der Waals surface area contributed by atoms with Gasteiger partial charge in [0.1, 0.15) is 6.04 Å². The maximum absolute atomic E-state index is 13.3. The number of rotatable bonds is 7. The molecule has 4 rings (SSSR count). The van der Waals surface area contributed by atoms with Crippen LogP contribution in [0.25, 0.3) is 10.9 Å². The third-order valence-corrected chi connectivity index (χ3v) is 5.69. The van der Waals surface area contributed by atoms with Crippen LogP contribution in [0.4, 0.5) is 5.69 Å². The predicted molar refractivity (Wildman–Crippen MR) is 129 cm³/mol. The van der Waals surface area contributed by atoms with Gasteiger partial charge in [-0.15, -0.1) is 0 Å². The highest BCUT2D eigenvalue weighted by Crippen LogP contribution is 2.22. The van der Waals surface area contributed by atoms with Crippen LogP contribution in [0.5, 0.6) is 0 Å². The van der Waals surface area contributed by atoms with Crippen LogP contribution < -0.4 is 10.6 Å². The predicted octanol–water partition coefficient (Wildman–Crippen LogP) is 4.69. The lowest BCUT2D eigenvalue weighted by atomic mass is 10.0. The number of anilines is 1. The summed E-state index contributed by atoms with van der Waals surface area (Å²) >= 11 is 0. The van der Waals surface area contributed by atoms with Gasteiger partial charge in [-0.25, -0.2) is 0 Å². The van der Waals surface area contributed by atoms with E-state index in [-0.39, 0.29) is 18.2 Å². The first kappa shape index (κ1) is 21.4. The molecule has 1 atom stereocenters. The van der Waals surface area contributed by atoms with Crippen LogP contribution in [-0.2, 0) is 22.4 Å². The van der Waals surface area contributed by atoms with E-state index < -0.39 is 6.04 Å². The Morgan fingerprint density at radius 2 is 1.56 bits per heavy atom. The van der Waals surface area contributed by atoms with Gasteiger partial charge in [-0.3, -0.25) is 9.59 Å². The Hall–Kier alpha value is -3.86. The number of aromatic nitrogens is 1. The first-order chi connectivity index (χ1) is 15.5. The number of H-pyrrole nitrogens is 1. The summed E-state index contributed by atoms with van der Waals surface area (Å²) in [6, 6.07) is 22.7. The van der Waals surface area contributed by atoms with E-state index in [4.69, 9.17) is 0 Å². The second kappa shape index (κ2) is 9.52. The zero-order chi connectivity index (χ0) is 22.5. The van der Waals surface area contributed by atoms with Crippen molar-refractivity contribution in [1.29, 1.82) is 0 Å². The number of para-hydroxylation sites is 2. The highest BCUT2D eigenvalue weighted by atomic mass is 16.2. The van der Waals surface area contributed by atoms with E-state index in [0.717, 1.165) is 38.8 Å². The van der Waals surface area contributed by atoms with Gasteiger partial charge in [0.05, 0.1) is 6.42 Å². The quantitative estimate of drug-likeness (QED) is 0.402. The molecule has 1 heterocycles. The van der Waals surface area contributed by atoms with Gasteiger partial charge in [-0.05, 0) is 42.2 Å². The first-order valence-corrected chi connectivity index (χ1v) is 10.8. The number of hydrogen-bond donors (Lipinski definition) is 3. The van der Waals surface area contributed by atoms with E-state index in [2.05, 4.69) is 15.6 Å². The van der Waals surface area contributed by atoms with Gasteiger partial charge in [0.2, 0.25) is 11.8 Å². The van der Waals surface area contributed by atoms with E-state index in [9.17, 15) is 9.59 Å². The summed E-state index contributed by atoms with van der Waals surface area (Å²) in [7, 11) is 0. The van der Waals surface area contributed by atoms with Gasteiger partial charge < -0.3 is 15.6 Å². The van der Waals surface area contributed by atoms with Gasteiger partial charge in [0.15, 0.2) is 0 Å². The van der Waals surface area contributed by atoms with Gasteiger partial charge in [-0.1, -0.05) is 66.7 Å².